The maximum absolute atomic E-state index is 12.1. The molecule has 3 amide bonds. The zero-order valence-electron chi connectivity index (χ0n) is 14.6. The SMILES string of the molecule is CSCCC(N)C(=O)NC(C(=O)NCC(=O)NC(CS)C(=O)O)C(C)O. The fourth-order valence-electron chi connectivity index (χ4n) is 1.75. The summed E-state index contributed by atoms with van der Waals surface area (Å²) >= 11 is 5.32. The molecule has 0 bridgehead atoms. The van der Waals surface area contributed by atoms with Crippen molar-refractivity contribution in [3.8, 4) is 0 Å². The Bertz CT molecular complexity index is 506. The zero-order chi connectivity index (χ0) is 20.3. The molecular formula is C14H26N4O6S2. The highest BCUT2D eigenvalue weighted by Crippen LogP contribution is 2.01. The van der Waals surface area contributed by atoms with Gasteiger partial charge in [-0.15, -0.1) is 0 Å². The van der Waals surface area contributed by atoms with Gasteiger partial charge in [0.15, 0.2) is 0 Å². The normalized spacial score (nSPS) is 15.3. The number of hydrogen-bond donors (Lipinski definition) is 7. The van der Waals surface area contributed by atoms with Crippen LogP contribution in [0.4, 0.5) is 0 Å². The Labute approximate surface area is 161 Å². The minimum absolute atomic E-state index is 0.116. The number of rotatable bonds is 12. The lowest BCUT2D eigenvalue weighted by molar-refractivity contribution is -0.141. The molecule has 150 valence electrons. The van der Waals surface area contributed by atoms with Gasteiger partial charge in [-0.2, -0.15) is 24.4 Å². The second-order valence-corrected chi connectivity index (χ2v) is 6.82. The molecule has 4 atom stereocenters. The van der Waals surface area contributed by atoms with Crippen molar-refractivity contribution in [2.24, 2.45) is 5.73 Å². The monoisotopic (exact) mass is 410 g/mol. The van der Waals surface area contributed by atoms with E-state index in [2.05, 4.69) is 28.6 Å². The molecule has 0 spiro atoms. The Kier molecular flexibility index (Phi) is 12.1. The molecule has 0 fully saturated rings. The van der Waals surface area contributed by atoms with Gasteiger partial charge in [-0.1, -0.05) is 0 Å². The number of carbonyl (C=O) groups is 4. The standard InChI is InChI=1S/C14H26N4O6S2/c1-7(19)11(18-12(21)8(15)3-4-26-2)13(22)16-5-10(20)17-9(6-25)14(23)24/h7-9,11,19,25H,3-6,15H2,1-2H3,(H,16,22)(H,17,20)(H,18,21)(H,23,24). The third-order valence-electron chi connectivity index (χ3n) is 3.27. The minimum atomic E-state index is -1.30. The molecule has 0 aromatic carbocycles. The van der Waals surface area contributed by atoms with E-state index in [-0.39, 0.29) is 5.75 Å². The Morgan fingerprint density at radius 2 is 1.81 bits per heavy atom. The number of nitrogens with two attached hydrogens (primary N) is 1. The zero-order valence-corrected chi connectivity index (χ0v) is 16.3. The lowest BCUT2D eigenvalue weighted by atomic mass is 10.1. The molecule has 0 aliphatic carbocycles. The van der Waals surface area contributed by atoms with Crippen molar-refractivity contribution in [2.75, 3.05) is 24.3 Å². The molecule has 0 radical (unpaired) electrons. The number of thioether (sulfide) groups is 1. The van der Waals surface area contributed by atoms with E-state index >= 15 is 0 Å². The topological polar surface area (TPSA) is 171 Å². The molecule has 0 heterocycles. The first kappa shape index (κ1) is 24.5. The third kappa shape index (κ3) is 9.27. The quantitative estimate of drug-likeness (QED) is 0.174. The van der Waals surface area contributed by atoms with Crippen LogP contribution >= 0.6 is 24.4 Å². The number of aliphatic carboxylic acids is 1. The van der Waals surface area contributed by atoms with Gasteiger partial charge in [-0.25, -0.2) is 4.79 Å². The van der Waals surface area contributed by atoms with Crippen LogP contribution in [0.1, 0.15) is 13.3 Å². The van der Waals surface area contributed by atoms with Gasteiger partial charge in [0, 0.05) is 5.75 Å². The molecule has 0 aromatic heterocycles. The second kappa shape index (κ2) is 12.8. The average Bonchev–Trinajstić information content (AvgIpc) is 2.58. The molecule has 12 heteroatoms. The van der Waals surface area contributed by atoms with Gasteiger partial charge < -0.3 is 31.9 Å². The van der Waals surface area contributed by atoms with Crippen molar-refractivity contribution >= 4 is 48.1 Å². The molecule has 0 saturated heterocycles. The van der Waals surface area contributed by atoms with E-state index in [1.807, 2.05) is 6.26 Å². The van der Waals surface area contributed by atoms with Crippen LogP contribution in [0.2, 0.25) is 0 Å². The lowest BCUT2D eigenvalue weighted by Gasteiger charge is -2.22. The van der Waals surface area contributed by atoms with Gasteiger partial charge in [0.05, 0.1) is 18.7 Å². The highest BCUT2D eigenvalue weighted by atomic mass is 32.2. The van der Waals surface area contributed by atoms with Gasteiger partial charge in [0.25, 0.3) is 0 Å². The predicted molar refractivity (Wildman–Crippen MR) is 101 cm³/mol. The van der Waals surface area contributed by atoms with Crippen molar-refractivity contribution in [1.82, 2.24) is 16.0 Å². The maximum atomic E-state index is 12.1. The Morgan fingerprint density at radius 3 is 2.27 bits per heavy atom. The molecule has 0 aliphatic rings. The molecule has 7 N–H and O–H groups in total. The summed E-state index contributed by atoms with van der Waals surface area (Å²) in [5.41, 5.74) is 5.71. The van der Waals surface area contributed by atoms with Crippen molar-refractivity contribution in [3.63, 3.8) is 0 Å². The Hall–Kier alpha value is -1.50. The van der Waals surface area contributed by atoms with E-state index in [4.69, 9.17) is 10.8 Å². The molecule has 0 saturated carbocycles. The first-order valence-electron chi connectivity index (χ1n) is 7.77. The number of aliphatic hydroxyl groups is 1. The fraction of sp³-hybridized carbons (Fsp3) is 0.714. The van der Waals surface area contributed by atoms with E-state index in [1.165, 1.54) is 18.7 Å². The number of amides is 3. The number of hydrogen-bond acceptors (Lipinski definition) is 8. The van der Waals surface area contributed by atoms with Gasteiger partial charge in [-0.3, -0.25) is 14.4 Å². The summed E-state index contributed by atoms with van der Waals surface area (Å²) in [6.45, 7) is 0.785. The van der Waals surface area contributed by atoms with Gasteiger partial charge in [0.2, 0.25) is 17.7 Å². The maximum Gasteiger partial charge on any atom is 0.327 e. The van der Waals surface area contributed by atoms with Crippen LogP contribution in [0.3, 0.4) is 0 Å². The van der Waals surface area contributed by atoms with Crippen LogP contribution in [0.5, 0.6) is 0 Å². The minimum Gasteiger partial charge on any atom is -0.480 e. The van der Waals surface area contributed by atoms with E-state index in [0.29, 0.717) is 12.2 Å². The van der Waals surface area contributed by atoms with E-state index in [0.717, 1.165) is 0 Å². The predicted octanol–water partition coefficient (Wildman–Crippen LogP) is -2.45. The number of nitrogens with one attached hydrogen (secondary N) is 3. The number of carboxylic acids is 1. The fourth-order valence-corrected chi connectivity index (χ4v) is 2.49. The smallest absolute Gasteiger partial charge is 0.327 e. The van der Waals surface area contributed by atoms with Crippen molar-refractivity contribution in [2.45, 2.75) is 37.6 Å². The van der Waals surface area contributed by atoms with Crippen LogP contribution in [-0.4, -0.2) is 82.4 Å². The van der Waals surface area contributed by atoms with E-state index < -0.39 is 54.5 Å². The Morgan fingerprint density at radius 1 is 1.19 bits per heavy atom. The summed E-state index contributed by atoms with van der Waals surface area (Å²) in [4.78, 5) is 46.6. The molecule has 10 nitrogen and oxygen atoms in total. The van der Waals surface area contributed by atoms with Crippen LogP contribution in [-0.2, 0) is 19.2 Å². The number of carbonyl (C=O) groups excluding carboxylic acids is 3. The molecular weight excluding hydrogens is 384 g/mol. The van der Waals surface area contributed by atoms with Crippen molar-refractivity contribution in [3.05, 3.63) is 0 Å². The number of aliphatic hydroxyl groups excluding tert-OH is 1. The Balaban J connectivity index is 4.62. The van der Waals surface area contributed by atoms with E-state index in [9.17, 15) is 24.3 Å². The molecule has 0 rings (SSSR count). The first-order valence-corrected chi connectivity index (χ1v) is 9.80. The summed E-state index contributed by atoms with van der Waals surface area (Å²) in [6.07, 6.45) is 1.05. The van der Waals surface area contributed by atoms with Crippen LogP contribution in [0.15, 0.2) is 0 Å². The largest absolute Gasteiger partial charge is 0.480 e. The molecule has 0 aromatic rings. The van der Waals surface area contributed by atoms with Gasteiger partial charge in [0.1, 0.15) is 12.1 Å². The number of thiol groups is 1. The van der Waals surface area contributed by atoms with Crippen LogP contribution < -0.4 is 21.7 Å². The van der Waals surface area contributed by atoms with Crippen LogP contribution in [0.25, 0.3) is 0 Å². The van der Waals surface area contributed by atoms with Gasteiger partial charge >= 0.3 is 5.97 Å². The first-order chi connectivity index (χ1) is 12.1. The van der Waals surface area contributed by atoms with Crippen LogP contribution in [0, 0.1) is 0 Å². The molecule has 0 aliphatic heterocycles. The highest BCUT2D eigenvalue weighted by Gasteiger charge is 2.28. The van der Waals surface area contributed by atoms with Crippen molar-refractivity contribution < 1.29 is 29.4 Å². The second-order valence-electron chi connectivity index (χ2n) is 5.47. The average molecular weight is 411 g/mol. The van der Waals surface area contributed by atoms with E-state index in [1.54, 1.807) is 0 Å². The summed E-state index contributed by atoms with van der Waals surface area (Å²) in [7, 11) is 0. The summed E-state index contributed by atoms with van der Waals surface area (Å²) in [5.74, 6) is -2.84. The highest BCUT2D eigenvalue weighted by molar-refractivity contribution is 7.98. The molecule has 4 unspecified atom stereocenters. The summed E-state index contributed by atoms with van der Waals surface area (Å²) < 4.78 is 0. The third-order valence-corrected chi connectivity index (χ3v) is 4.28. The molecule has 26 heavy (non-hydrogen) atoms. The number of carboxylic acid groups (broad SMARTS) is 1. The lowest BCUT2D eigenvalue weighted by Crippen LogP contribution is -2.57. The summed E-state index contributed by atoms with van der Waals surface area (Å²) in [6, 6.07) is -3.31. The van der Waals surface area contributed by atoms with Crippen molar-refractivity contribution in [1.29, 1.82) is 0 Å². The van der Waals surface area contributed by atoms with Gasteiger partial charge in [-0.05, 0) is 25.4 Å². The summed E-state index contributed by atoms with van der Waals surface area (Å²) in [5, 5.41) is 25.3.